The Bertz CT molecular complexity index is 527. The smallest absolute Gasteiger partial charge is 0.0161 e. The quantitative estimate of drug-likeness (QED) is 0.577. The summed E-state index contributed by atoms with van der Waals surface area (Å²) in [5, 5.41) is 2.72. The third kappa shape index (κ3) is 1.00. The van der Waals surface area contributed by atoms with E-state index in [1.807, 2.05) is 0 Å². The zero-order chi connectivity index (χ0) is 9.54. The topological polar surface area (TPSA) is 0 Å². The minimum absolute atomic E-state index is 1.33. The molecule has 3 rings (SSSR count). The Balaban J connectivity index is 2.50. The molecule has 0 fully saturated rings. The molecule has 2 aromatic carbocycles. The highest BCUT2D eigenvalue weighted by Gasteiger charge is 2.10. The molecule has 1 aliphatic rings. The predicted molar refractivity (Wildman–Crippen MR) is 61.0 cm³/mol. The van der Waals surface area contributed by atoms with E-state index in [4.69, 9.17) is 0 Å². The Labute approximate surface area is 83.9 Å². The molecule has 0 aromatic heterocycles. The van der Waals surface area contributed by atoms with Gasteiger partial charge in [0.2, 0.25) is 0 Å². The van der Waals surface area contributed by atoms with Gasteiger partial charge in [0.25, 0.3) is 0 Å². The number of hydrogen-bond acceptors (Lipinski definition) is 0. The van der Waals surface area contributed by atoms with Gasteiger partial charge in [0.15, 0.2) is 0 Å². The van der Waals surface area contributed by atoms with Crippen molar-refractivity contribution in [3.8, 4) is 0 Å². The van der Waals surface area contributed by atoms with E-state index in [1.165, 1.54) is 27.5 Å². The van der Waals surface area contributed by atoms with Gasteiger partial charge in [0.1, 0.15) is 0 Å². The molecule has 0 bridgehead atoms. The Morgan fingerprint density at radius 2 is 1.57 bits per heavy atom. The standard InChI is InChI=1S/C14H11/c1-10-8-12-6-2-4-11-5-3-7-13(9-10)14(11)12/h2-9H,1H3. The molecule has 1 radical (unpaired) electrons. The first-order valence-corrected chi connectivity index (χ1v) is 4.89. The highest BCUT2D eigenvalue weighted by atomic mass is 14.1. The van der Waals surface area contributed by atoms with Gasteiger partial charge in [-0.3, -0.25) is 0 Å². The minimum atomic E-state index is 1.33. The van der Waals surface area contributed by atoms with E-state index in [1.54, 1.807) is 0 Å². The van der Waals surface area contributed by atoms with Crippen molar-refractivity contribution >= 4 is 16.8 Å². The van der Waals surface area contributed by atoms with E-state index < -0.39 is 0 Å². The lowest BCUT2D eigenvalue weighted by atomic mass is 9.90. The fourth-order valence-electron chi connectivity index (χ4n) is 2.17. The second-order valence-corrected chi connectivity index (χ2v) is 3.83. The van der Waals surface area contributed by atoms with Crippen molar-refractivity contribution in [2.75, 3.05) is 0 Å². The summed E-state index contributed by atoms with van der Waals surface area (Å²) in [5.74, 6) is 0. The second kappa shape index (κ2) is 2.71. The molecule has 0 spiro atoms. The van der Waals surface area contributed by atoms with Crippen molar-refractivity contribution in [1.82, 2.24) is 0 Å². The molecule has 0 unspecified atom stereocenters. The normalized spacial score (nSPS) is 14.2. The molecular weight excluding hydrogens is 168 g/mol. The van der Waals surface area contributed by atoms with Crippen LogP contribution in [-0.4, -0.2) is 0 Å². The van der Waals surface area contributed by atoms with E-state index in [0.29, 0.717) is 0 Å². The summed E-state index contributed by atoms with van der Waals surface area (Å²) < 4.78 is 0. The maximum absolute atomic E-state index is 2.25. The van der Waals surface area contributed by atoms with E-state index in [9.17, 15) is 0 Å². The third-order valence-electron chi connectivity index (χ3n) is 2.74. The zero-order valence-corrected chi connectivity index (χ0v) is 8.12. The van der Waals surface area contributed by atoms with Crippen LogP contribution in [0.1, 0.15) is 18.1 Å². The summed E-state index contributed by atoms with van der Waals surface area (Å²) in [6.07, 6.45) is 4.49. The zero-order valence-electron chi connectivity index (χ0n) is 8.12. The highest BCUT2D eigenvalue weighted by molar-refractivity contribution is 5.97. The number of benzene rings is 2. The van der Waals surface area contributed by atoms with Crippen molar-refractivity contribution in [1.29, 1.82) is 0 Å². The molecule has 0 aliphatic heterocycles. The van der Waals surface area contributed by atoms with E-state index in [2.05, 4.69) is 55.8 Å². The summed E-state index contributed by atoms with van der Waals surface area (Å²) in [5.41, 5.74) is 4.02. The monoisotopic (exact) mass is 179 g/mol. The lowest BCUT2D eigenvalue weighted by Crippen LogP contribution is -1.94. The van der Waals surface area contributed by atoms with Crippen LogP contribution in [0.25, 0.3) is 16.8 Å². The van der Waals surface area contributed by atoms with Crippen LogP contribution in [0.15, 0.2) is 42.0 Å². The predicted octanol–water partition coefficient (Wildman–Crippen LogP) is 3.81. The number of rotatable bonds is 0. The van der Waals surface area contributed by atoms with Gasteiger partial charge in [0.05, 0.1) is 0 Å². The second-order valence-electron chi connectivity index (χ2n) is 3.83. The van der Waals surface area contributed by atoms with E-state index in [-0.39, 0.29) is 0 Å². The lowest BCUT2D eigenvalue weighted by molar-refractivity contribution is 1.39. The first kappa shape index (κ1) is 7.81. The Morgan fingerprint density at radius 1 is 0.857 bits per heavy atom. The van der Waals surface area contributed by atoms with Crippen molar-refractivity contribution in [3.05, 3.63) is 59.5 Å². The van der Waals surface area contributed by atoms with Gasteiger partial charge in [-0.1, -0.05) is 48.0 Å². The summed E-state index contributed by atoms with van der Waals surface area (Å²) in [7, 11) is 0. The van der Waals surface area contributed by atoms with Crippen LogP contribution in [0.5, 0.6) is 0 Å². The maximum Gasteiger partial charge on any atom is 0.0161 e. The van der Waals surface area contributed by atoms with Gasteiger partial charge in [-0.25, -0.2) is 0 Å². The Kier molecular flexibility index (Phi) is 1.51. The molecular formula is C14H11. The SMILES string of the molecule is CC1=Cc2cccc3cccc(c23)[CH]1. The van der Waals surface area contributed by atoms with Gasteiger partial charge in [0, 0.05) is 6.42 Å². The molecule has 0 saturated heterocycles. The fourth-order valence-corrected chi connectivity index (χ4v) is 2.17. The molecule has 0 heterocycles. The molecule has 0 heteroatoms. The van der Waals surface area contributed by atoms with Crippen molar-refractivity contribution in [2.45, 2.75) is 6.92 Å². The molecule has 2 aromatic rings. The van der Waals surface area contributed by atoms with Crippen LogP contribution >= 0.6 is 0 Å². The van der Waals surface area contributed by atoms with Crippen LogP contribution in [0, 0.1) is 6.42 Å². The molecule has 1 aliphatic carbocycles. The van der Waals surface area contributed by atoms with Gasteiger partial charge in [-0.2, -0.15) is 0 Å². The number of hydrogen-bond donors (Lipinski definition) is 0. The van der Waals surface area contributed by atoms with Gasteiger partial charge in [-0.15, -0.1) is 0 Å². The van der Waals surface area contributed by atoms with Crippen molar-refractivity contribution in [3.63, 3.8) is 0 Å². The average molecular weight is 179 g/mol. The first-order valence-electron chi connectivity index (χ1n) is 4.89. The Hall–Kier alpha value is -1.56. The van der Waals surface area contributed by atoms with Gasteiger partial charge in [-0.05, 0) is 28.8 Å². The molecule has 0 saturated carbocycles. The molecule has 0 nitrogen and oxygen atoms in total. The van der Waals surface area contributed by atoms with Gasteiger partial charge >= 0.3 is 0 Å². The molecule has 67 valence electrons. The highest BCUT2D eigenvalue weighted by Crippen LogP contribution is 2.31. The molecule has 0 atom stereocenters. The van der Waals surface area contributed by atoms with Crippen LogP contribution in [0.3, 0.4) is 0 Å². The van der Waals surface area contributed by atoms with Crippen LogP contribution in [0.2, 0.25) is 0 Å². The Morgan fingerprint density at radius 3 is 2.36 bits per heavy atom. The molecule has 0 amide bonds. The van der Waals surface area contributed by atoms with E-state index >= 15 is 0 Å². The molecule has 14 heavy (non-hydrogen) atoms. The fraction of sp³-hybridized carbons (Fsp3) is 0.0714. The minimum Gasteiger partial charge on any atom is -0.0642 e. The van der Waals surface area contributed by atoms with Crippen molar-refractivity contribution in [2.24, 2.45) is 0 Å². The number of allylic oxidation sites excluding steroid dienone is 1. The van der Waals surface area contributed by atoms with Crippen LogP contribution in [-0.2, 0) is 0 Å². The lowest BCUT2D eigenvalue weighted by Gasteiger charge is -2.14. The molecule has 0 N–H and O–H groups in total. The average Bonchev–Trinajstić information content (AvgIpc) is 2.18. The first-order chi connectivity index (χ1) is 6.84. The van der Waals surface area contributed by atoms with Crippen molar-refractivity contribution < 1.29 is 0 Å². The summed E-state index contributed by atoms with van der Waals surface area (Å²) in [4.78, 5) is 0. The van der Waals surface area contributed by atoms with Crippen LogP contribution < -0.4 is 0 Å². The summed E-state index contributed by atoms with van der Waals surface area (Å²) in [6.45, 7) is 2.15. The summed E-state index contributed by atoms with van der Waals surface area (Å²) in [6, 6.07) is 13.0. The third-order valence-corrected chi connectivity index (χ3v) is 2.74. The maximum atomic E-state index is 2.25. The summed E-state index contributed by atoms with van der Waals surface area (Å²) >= 11 is 0. The van der Waals surface area contributed by atoms with E-state index in [0.717, 1.165) is 0 Å². The van der Waals surface area contributed by atoms with Crippen LogP contribution in [0.4, 0.5) is 0 Å². The van der Waals surface area contributed by atoms with Gasteiger partial charge < -0.3 is 0 Å². The largest absolute Gasteiger partial charge is 0.0642 e.